The molecular weight excluding hydrogens is 1030 g/mol. The van der Waals surface area contributed by atoms with Crippen LogP contribution in [0.3, 0.4) is 0 Å². The number of nitrogens with one attached hydrogen (secondary N) is 4. The van der Waals surface area contributed by atoms with Gasteiger partial charge in [-0.15, -0.1) is 0 Å². The zero-order valence-electron chi connectivity index (χ0n) is 40.8. The molecular formula is C50H100La2N4O6-4. The van der Waals surface area contributed by atoms with E-state index in [0.29, 0.717) is 25.9 Å². The van der Waals surface area contributed by atoms with Gasteiger partial charge in [-0.2, -0.15) is 27.7 Å². The van der Waals surface area contributed by atoms with Crippen molar-refractivity contribution in [1.82, 2.24) is 21.3 Å². The third kappa shape index (κ3) is 50.6. The second-order valence-electron chi connectivity index (χ2n) is 15.8. The average Bonchev–Trinajstić information content (AvgIpc) is 3.20. The van der Waals surface area contributed by atoms with E-state index in [4.69, 9.17) is 0 Å². The van der Waals surface area contributed by atoms with E-state index >= 15 is 0 Å². The molecule has 12 heteroatoms. The molecule has 0 saturated heterocycles. The summed E-state index contributed by atoms with van der Waals surface area (Å²) in [6.07, 6.45) is 26.4. The second-order valence-corrected chi connectivity index (χ2v) is 15.8. The van der Waals surface area contributed by atoms with Gasteiger partial charge in [-0.05, 0) is 25.7 Å². The fraction of sp³-hybridized carbons (Fsp3) is 0.840. The molecule has 0 aromatic rings. The zero-order chi connectivity index (χ0) is 45.0. The molecule has 0 aliphatic rings. The van der Waals surface area contributed by atoms with Crippen LogP contribution in [0.5, 0.6) is 0 Å². The number of hydrogen-bond donors (Lipinski definition) is 4. The van der Waals surface area contributed by atoms with E-state index in [-0.39, 0.29) is 133 Å². The quantitative estimate of drug-likeness (QED) is 0.0389. The summed E-state index contributed by atoms with van der Waals surface area (Å²) >= 11 is 0. The summed E-state index contributed by atoms with van der Waals surface area (Å²) in [5, 5.41) is 11.5. The van der Waals surface area contributed by atoms with Crippen LogP contribution in [0.4, 0.5) is 0 Å². The van der Waals surface area contributed by atoms with Crippen LogP contribution in [0.25, 0.3) is 0 Å². The van der Waals surface area contributed by atoms with Crippen LogP contribution in [0.1, 0.15) is 226 Å². The van der Waals surface area contributed by atoms with Crippen molar-refractivity contribution in [3.8, 4) is 0 Å². The number of carbonyl (C=O) groups is 4. The Morgan fingerprint density at radius 1 is 0.435 bits per heavy atom. The Balaban J connectivity index is -0.000000131. The molecule has 0 aromatic carbocycles. The molecule has 0 aromatic heterocycles. The molecule has 366 valence electrons. The topological polar surface area (TPSA) is 151 Å². The molecule has 2 radical (unpaired) electrons. The molecule has 4 N–H and O–H groups in total. The maximum atomic E-state index is 12.6. The average molecular weight is 1130 g/mol. The second kappa shape index (κ2) is 60.6. The minimum atomic E-state index is -0.544. The first-order valence-electron chi connectivity index (χ1n) is 23.2. The van der Waals surface area contributed by atoms with E-state index in [1.54, 1.807) is 0 Å². The number of rotatable bonds is 32. The van der Waals surface area contributed by atoms with Crippen molar-refractivity contribution in [3.63, 3.8) is 0 Å². The molecule has 10 nitrogen and oxygen atoms in total. The van der Waals surface area contributed by atoms with E-state index in [2.05, 4.69) is 62.8 Å². The monoisotopic (exact) mass is 1130 g/mol. The van der Waals surface area contributed by atoms with Crippen LogP contribution in [-0.2, 0) is 28.8 Å². The number of amides is 4. The SMILES string of the molecule is C.C.CCCCCC([C-]=O)NC(=O)C(CCCCC)CNC(=O)C(C)CCC.CCCCCC([C-]=O)NC(=O)C(CCCCC)CNC(=O)C(C)CCC.C[CH-]C.C[CH-]C.[La].[La]. The summed E-state index contributed by atoms with van der Waals surface area (Å²) in [4.78, 5) is 71.8. The molecule has 62 heavy (non-hydrogen) atoms. The Kier molecular flexibility index (Phi) is 77.0. The van der Waals surface area contributed by atoms with Gasteiger partial charge >= 0.3 is 0 Å². The van der Waals surface area contributed by atoms with Crippen LogP contribution in [0.15, 0.2) is 0 Å². The number of carbonyl (C=O) groups excluding carboxylic acids is 6. The van der Waals surface area contributed by atoms with Crippen molar-refractivity contribution >= 4 is 36.2 Å². The first kappa shape index (κ1) is 78.7. The molecule has 0 aliphatic heterocycles. The Morgan fingerprint density at radius 2 is 0.694 bits per heavy atom. The molecule has 6 unspecified atom stereocenters. The van der Waals surface area contributed by atoms with Crippen molar-refractivity contribution < 1.29 is 100.0 Å². The van der Waals surface area contributed by atoms with Gasteiger partial charge in [-0.25, -0.2) is 12.6 Å². The first-order valence-corrected chi connectivity index (χ1v) is 23.2. The van der Waals surface area contributed by atoms with Crippen molar-refractivity contribution in [2.75, 3.05) is 13.1 Å². The van der Waals surface area contributed by atoms with E-state index < -0.39 is 12.1 Å². The van der Waals surface area contributed by atoms with E-state index in [1.807, 2.05) is 67.0 Å². The van der Waals surface area contributed by atoms with Crippen LogP contribution in [0.2, 0.25) is 0 Å². The smallest absolute Gasteiger partial charge is 0.222 e. The van der Waals surface area contributed by atoms with Gasteiger partial charge < -0.3 is 43.7 Å². The fourth-order valence-corrected chi connectivity index (χ4v) is 5.95. The molecule has 0 heterocycles. The van der Waals surface area contributed by atoms with Crippen molar-refractivity contribution in [2.24, 2.45) is 23.7 Å². The summed E-state index contributed by atoms with van der Waals surface area (Å²) in [6, 6.07) is -1.09. The Hall–Kier alpha value is -0.390. The molecule has 0 saturated carbocycles. The minimum absolute atomic E-state index is 0. The third-order valence-electron chi connectivity index (χ3n) is 9.55. The molecule has 0 spiro atoms. The predicted molar refractivity (Wildman–Crippen MR) is 258 cm³/mol. The third-order valence-corrected chi connectivity index (χ3v) is 9.55. The van der Waals surface area contributed by atoms with E-state index in [0.717, 1.165) is 116 Å². The standard InChI is InChI=1S/2C21H39N2O3.2C3H7.2CH4.2La/c2*1-5-8-10-13-18(15-22-20(25)17(4)12-7-3)21(26)23-19(16-24)14-11-9-6-2;2*1-3-2;;;;/h2*17-19H,5-15H2,1-4H3,(H,22,25)(H,23,26);2*3H,1-2H3;2*1H4;;/q4*-1;;;;. The van der Waals surface area contributed by atoms with Crippen LogP contribution in [-0.4, -0.2) is 61.4 Å². The Labute approximate surface area is 441 Å². The van der Waals surface area contributed by atoms with Gasteiger partial charge in [-0.3, -0.25) is 19.2 Å². The van der Waals surface area contributed by atoms with Crippen LogP contribution in [0, 0.1) is 108 Å². The maximum absolute atomic E-state index is 12.6. The predicted octanol–water partition coefficient (Wildman–Crippen LogP) is 11.6. The largest absolute Gasteiger partial charge is 0.540 e. The van der Waals surface area contributed by atoms with Crippen molar-refractivity contribution in [1.29, 1.82) is 0 Å². The summed E-state index contributed by atoms with van der Waals surface area (Å²) in [5.74, 6) is -0.941. The van der Waals surface area contributed by atoms with Crippen LogP contribution < -0.4 is 21.3 Å². The van der Waals surface area contributed by atoms with Gasteiger partial charge in [0.05, 0.1) is 11.8 Å². The number of hydrogen-bond acceptors (Lipinski definition) is 6. The number of unbranched alkanes of at least 4 members (excludes halogenated alkanes) is 8. The minimum Gasteiger partial charge on any atom is -0.540 e. The summed E-state index contributed by atoms with van der Waals surface area (Å²) < 4.78 is 0. The van der Waals surface area contributed by atoms with Crippen LogP contribution >= 0.6 is 0 Å². The molecule has 4 amide bonds. The van der Waals surface area contributed by atoms with Gasteiger partial charge in [0, 0.05) is 96.1 Å². The summed E-state index contributed by atoms with van der Waals surface area (Å²) in [5.41, 5.74) is 0. The normalized spacial score (nSPS) is 12.6. The van der Waals surface area contributed by atoms with Crippen molar-refractivity contribution in [3.05, 3.63) is 12.8 Å². The summed E-state index contributed by atoms with van der Waals surface area (Å²) in [7, 11) is 0. The molecule has 0 rings (SSSR count). The van der Waals surface area contributed by atoms with Gasteiger partial charge in [0.1, 0.15) is 0 Å². The molecule has 6 atom stereocenters. The molecule has 0 aliphatic carbocycles. The van der Waals surface area contributed by atoms with E-state index in [9.17, 15) is 28.8 Å². The molecule has 0 fully saturated rings. The van der Waals surface area contributed by atoms with Gasteiger partial charge in [-0.1, -0.05) is 185 Å². The Morgan fingerprint density at radius 3 is 0.919 bits per heavy atom. The Bertz CT molecular complexity index is 915. The summed E-state index contributed by atoms with van der Waals surface area (Å²) in [6.45, 7) is 25.0. The van der Waals surface area contributed by atoms with Crippen molar-refractivity contribution in [2.45, 2.75) is 238 Å². The van der Waals surface area contributed by atoms with Gasteiger partial charge in [0.2, 0.25) is 23.6 Å². The fourth-order valence-electron chi connectivity index (χ4n) is 5.95. The zero-order valence-corrected chi connectivity index (χ0v) is 48.0. The van der Waals surface area contributed by atoms with E-state index in [1.165, 1.54) is 0 Å². The van der Waals surface area contributed by atoms with Gasteiger partial charge in [0.15, 0.2) is 0 Å². The maximum Gasteiger partial charge on any atom is 0.222 e. The van der Waals surface area contributed by atoms with Gasteiger partial charge in [0.25, 0.3) is 0 Å². The molecule has 0 bridgehead atoms. The first-order chi connectivity index (χ1) is 27.8.